The van der Waals surface area contributed by atoms with Crippen LogP contribution in [0.2, 0.25) is 0 Å². The molecule has 56 valence electrons. The highest BCUT2D eigenvalue weighted by atomic mass is 16.4. The summed E-state index contributed by atoms with van der Waals surface area (Å²) in [7, 11) is 0. The Bertz CT molecular complexity index is 171. The molecule has 0 fully saturated rings. The number of hydrogen-bond acceptors (Lipinski definition) is 2. The van der Waals surface area contributed by atoms with Gasteiger partial charge in [-0.2, -0.15) is 0 Å². The molecule has 0 rings (SSSR count). The minimum atomic E-state index is -1.13. The predicted molar refractivity (Wildman–Crippen MR) is 33.6 cm³/mol. The lowest BCUT2D eigenvalue weighted by atomic mass is 10.2. The van der Waals surface area contributed by atoms with Gasteiger partial charge >= 0.3 is 11.9 Å². The van der Waals surface area contributed by atoms with Gasteiger partial charge in [0.05, 0.1) is 5.92 Å². The van der Waals surface area contributed by atoms with Crippen LogP contribution < -0.4 is 0 Å². The van der Waals surface area contributed by atoms with Crippen LogP contribution in [0.4, 0.5) is 0 Å². The van der Waals surface area contributed by atoms with Gasteiger partial charge in [0, 0.05) is 6.08 Å². The van der Waals surface area contributed by atoms with Gasteiger partial charge in [-0.25, -0.2) is 4.79 Å². The molecule has 4 nitrogen and oxygen atoms in total. The van der Waals surface area contributed by atoms with E-state index in [1.165, 1.54) is 6.92 Å². The predicted octanol–water partition coefficient (Wildman–Crippen LogP) is 0.348. The molecule has 0 aliphatic heterocycles. The van der Waals surface area contributed by atoms with E-state index >= 15 is 0 Å². The summed E-state index contributed by atoms with van der Waals surface area (Å²) in [6.07, 6.45) is 1.93. The second-order valence-corrected chi connectivity index (χ2v) is 1.82. The minimum absolute atomic E-state index is 0.740. The normalized spacial score (nSPS) is 13.3. The van der Waals surface area contributed by atoms with Crippen LogP contribution >= 0.6 is 0 Å². The molecule has 0 amide bonds. The van der Waals surface area contributed by atoms with E-state index in [9.17, 15) is 9.59 Å². The Morgan fingerprint density at radius 2 is 1.90 bits per heavy atom. The quantitative estimate of drug-likeness (QED) is 0.560. The maximum atomic E-state index is 10.1. The molecule has 1 unspecified atom stereocenters. The minimum Gasteiger partial charge on any atom is -0.481 e. The average Bonchev–Trinajstić information content (AvgIpc) is 1.82. The standard InChI is InChI=1S/C6H8O4/c1-4(6(9)10)2-3-5(7)8/h2-4H,1H3,(H,7,8)(H,9,10). The number of carboxylic acids is 2. The SMILES string of the molecule is CC(C=CC(=O)O)C(=O)O. The molecular weight excluding hydrogens is 136 g/mol. The summed E-state index contributed by atoms with van der Waals surface area (Å²) in [5.74, 6) is -2.90. The van der Waals surface area contributed by atoms with E-state index in [4.69, 9.17) is 10.2 Å². The molecule has 0 aliphatic carbocycles. The zero-order chi connectivity index (χ0) is 8.15. The number of aliphatic carboxylic acids is 2. The first-order chi connectivity index (χ1) is 4.54. The number of carboxylic acid groups (broad SMARTS) is 2. The van der Waals surface area contributed by atoms with Gasteiger partial charge in [-0.1, -0.05) is 6.08 Å². The molecule has 0 radical (unpaired) electrons. The fourth-order valence-electron chi connectivity index (χ4n) is 0.309. The van der Waals surface area contributed by atoms with Gasteiger partial charge < -0.3 is 10.2 Å². The molecule has 0 bridgehead atoms. The van der Waals surface area contributed by atoms with Gasteiger partial charge in [-0.05, 0) is 6.92 Å². The molecule has 1 atom stereocenters. The fraction of sp³-hybridized carbons (Fsp3) is 0.333. The van der Waals surface area contributed by atoms with Crippen molar-refractivity contribution in [3.8, 4) is 0 Å². The summed E-state index contributed by atoms with van der Waals surface area (Å²) >= 11 is 0. The molecule has 10 heavy (non-hydrogen) atoms. The largest absolute Gasteiger partial charge is 0.481 e. The topological polar surface area (TPSA) is 74.6 Å². The summed E-state index contributed by atoms with van der Waals surface area (Å²) < 4.78 is 0. The van der Waals surface area contributed by atoms with Gasteiger partial charge in [0.2, 0.25) is 0 Å². The van der Waals surface area contributed by atoms with Crippen LogP contribution in [0.5, 0.6) is 0 Å². The van der Waals surface area contributed by atoms with Gasteiger partial charge in [0.15, 0.2) is 0 Å². The lowest BCUT2D eigenvalue weighted by molar-refractivity contribution is -0.139. The van der Waals surface area contributed by atoms with Gasteiger partial charge in [-0.15, -0.1) is 0 Å². The summed E-state index contributed by atoms with van der Waals surface area (Å²) in [6.45, 7) is 1.40. The lowest BCUT2D eigenvalue weighted by Gasteiger charge is -1.94. The number of hydrogen-bond donors (Lipinski definition) is 2. The highest BCUT2D eigenvalue weighted by Crippen LogP contribution is 1.95. The molecule has 0 saturated carbocycles. The number of carbonyl (C=O) groups is 2. The number of rotatable bonds is 3. The summed E-state index contributed by atoms with van der Waals surface area (Å²) in [4.78, 5) is 19.9. The Kier molecular flexibility index (Phi) is 3.17. The van der Waals surface area contributed by atoms with Crippen LogP contribution in [-0.4, -0.2) is 22.2 Å². The second-order valence-electron chi connectivity index (χ2n) is 1.82. The van der Waals surface area contributed by atoms with Crippen molar-refractivity contribution in [2.75, 3.05) is 0 Å². The van der Waals surface area contributed by atoms with Crippen molar-refractivity contribution >= 4 is 11.9 Å². The lowest BCUT2D eigenvalue weighted by Crippen LogP contribution is -2.06. The first kappa shape index (κ1) is 8.68. The van der Waals surface area contributed by atoms with Crippen LogP contribution in [0.25, 0.3) is 0 Å². The van der Waals surface area contributed by atoms with Crippen LogP contribution in [0.1, 0.15) is 6.92 Å². The zero-order valence-corrected chi connectivity index (χ0v) is 5.44. The molecule has 0 aromatic rings. The third-order valence-electron chi connectivity index (χ3n) is 0.917. The molecule has 0 aromatic heterocycles. The van der Waals surface area contributed by atoms with Crippen molar-refractivity contribution in [2.24, 2.45) is 5.92 Å². The summed E-state index contributed by atoms with van der Waals surface area (Å²) in [5.41, 5.74) is 0. The van der Waals surface area contributed by atoms with Crippen molar-refractivity contribution in [3.63, 3.8) is 0 Å². The zero-order valence-electron chi connectivity index (χ0n) is 5.44. The maximum absolute atomic E-state index is 10.1. The van der Waals surface area contributed by atoms with Crippen molar-refractivity contribution in [2.45, 2.75) is 6.92 Å². The first-order valence-corrected chi connectivity index (χ1v) is 2.68. The van der Waals surface area contributed by atoms with Crippen LogP contribution in [0.15, 0.2) is 12.2 Å². The van der Waals surface area contributed by atoms with Crippen LogP contribution in [0, 0.1) is 5.92 Å². The monoisotopic (exact) mass is 144 g/mol. The van der Waals surface area contributed by atoms with E-state index in [0.717, 1.165) is 12.2 Å². The van der Waals surface area contributed by atoms with Gasteiger partial charge in [0.1, 0.15) is 0 Å². The van der Waals surface area contributed by atoms with E-state index in [0.29, 0.717) is 0 Å². The highest BCUT2D eigenvalue weighted by molar-refractivity contribution is 5.81. The molecule has 0 spiro atoms. The Balaban J connectivity index is 3.89. The molecule has 0 aromatic carbocycles. The van der Waals surface area contributed by atoms with Gasteiger partial charge in [-0.3, -0.25) is 4.79 Å². The third-order valence-corrected chi connectivity index (χ3v) is 0.917. The molecule has 2 N–H and O–H groups in total. The van der Waals surface area contributed by atoms with Crippen molar-refractivity contribution in [1.29, 1.82) is 0 Å². The third kappa shape index (κ3) is 3.65. The molecule has 0 saturated heterocycles. The maximum Gasteiger partial charge on any atom is 0.328 e. The Labute approximate surface area is 57.8 Å². The van der Waals surface area contributed by atoms with E-state index in [2.05, 4.69) is 0 Å². The van der Waals surface area contributed by atoms with E-state index in [1.807, 2.05) is 0 Å². The van der Waals surface area contributed by atoms with Crippen molar-refractivity contribution in [1.82, 2.24) is 0 Å². The van der Waals surface area contributed by atoms with Crippen LogP contribution in [-0.2, 0) is 9.59 Å². The molecule has 4 heteroatoms. The second kappa shape index (κ2) is 3.66. The molecular formula is C6H8O4. The fourth-order valence-corrected chi connectivity index (χ4v) is 0.309. The van der Waals surface area contributed by atoms with Gasteiger partial charge in [0.25, 0.3) is 0 Å². The van der Waals surface area contributed by atoms with E-state index in [1.54, 1.807) is 0 Å². The Hall–Kier alpha value is -1.32. The summed E-state index contributed by atoms with van der Waals surface area (Å²) in [5, 5.41) is 16.3. The Morgan fingerprint density at radius 3 is 2.20 bits per heavy atom. The highest BCUT2D eigenvalue weighted by Gasteiger charge is 2.05. The smallest absolute Gasteiger partial charge is 0.328 e. The summed E-state index contributed by atoms with van der Waals surface area (Å²) in [6, 6.07) is 0. The Morgan fingerprint density at radius 1 is 1.40 bits per heavy atom. The van der Waals surface area contributed by atoms with Crippen molar-refractivity contribution in [3.05, 3.63) is 12.2 Å². The average molecular weight is 144 g/mol. The van der Waals surface area contributed by atoms with E-state index < -0.39 is 17.9 Å². The van der Waals surface area contributed by atoms with Crippen molar-refractivity contribution < 1.29 is 19.8 Å². The van der Waals surface area contributed by atoms with Crippen LogP contribution in [0.3, 0.4) is 0 Å². The molecule has 0 heterocycles. The molecule has 0 aliphatic rings. The van der Waals surface area contributed by atoms with E-state index in [-0.39, 0.29) is 0 Å². The first-order valence-electron chi connectivity index (χ1n) is 2.68.